The molecule has 1 N–H and O–H groups in total. The van der Waals surface area contributed by atoms with Gasteiger partial charge in [0.25, 0.3) is 0 Å². The van der Waals surface area contributed by atoms with Crippen molar-refractivity contribution in [3.8, 4) is 0 Å². The van der Waals surface area contributed by atoms with Crippen molar-refractivity contribution in [3.05, 3.63) is 36.0 Å². The minimum Gasteiger partial charge on any atom is -0.278 e. The highest BCUT2D eigenvalue weighted by Gasteiger charge is 2.13. The summed E-state index contributed by atoms with van der Waals surface area (Å²) < 4.78 is 0. The minimum absolute atomic E-state index is 0.697. The van der Waals surface area contributed by atoms with Crippen LogP contribution in [0.4, 0.5) is 0 Å². The van der Waals surface area contributed by atoms with Crippen LogP contribution in [0.15, 0.2) is 30.5 Å². The standard InChI is InChI=1S/C12H12N2S/c1-8-4-12(15-7-8)9-2-3-10-6-13-14-11(10)5-9/h2-6,8H,7H2,1H3,(H,13,14). The van der Waals surface area contributed by atoms with Gasteiger partial charge in [0.05, 0.1) is 11.7 Å². The van der Waals surface area contributed by atoms with Gasteiger partial charge in [-0.3, -0.25) is 5.10 Å². The van der Waals surface area contributed by atoms with Crippen LogP contribution in [0.25, 0.3) is 15.8 Å². The van der Waals surface area contributed by atoms with Crippen molar-refractivity contribution in [1.82, 2.24) is 10.2 Å². The molecule has 0 aliphatic carbocycles. The van der Waals surface area contributed by atoms with Crippen molar-refractivity contribution < 1.29 is 0 Å². The Morgan fingerprint density at radius 1 is 1.47 bits per heavy atom. The SMILES string of the molecule is CC1C=C(c2ccc3cn[nH]c3c2)SC1. The Morgan fingerprint density at radius 2 is 2.40 bits per heavy atom. The van der Waals surface area contributed by atoms with Gasteiger partial charge < -0.3 is 0 Å². The molecular formula is C12H12N2S. The number of thioether (sulfide) groups is 1. The second-order valence-corrected chi connectivity index (χ2v) is 5.05. The molecule has 1 aromatic carbocycles. The van der Waals surface area contributed by atoms with E-state index in [0.717, 1.165) is 5.52 Å². The van der Waals surface area contributed by atoms with Crippen LogP contribution in [0.2, 0.25) is 0 Å². The number of hydrogen-bond acceptors (Lipinski definition) is 2. The molecular weight excluding hydrogens is 204 g/mol. The lowest BCUT2D eigenvalue weighted by Crippen LogP contribution is -1.83. The molecule has 3 rings (SSSR count). The molecule has 3 heteroatoms. The Labute approximate surface area is 92.8 Å². The van der Waals surface area contributed by atoms with E-state index in [0.29, 0.717) is 5.92 Å². The Balaban J connectivity index is 2.07. The summed E-state index contributed by atoms with van der Waals surface area (Å²) in [6.45, 7) is 2.26. The molecule has 1 aliphatic rings. The number of fused-ring (bicyclic) bond motifs is 1. The summed E-state index contributed by atoms with van der Waals surface area (Å²) in [6.07, 6.45) is 4.21. The van der Waals surface area contributed by atoms with E-state index in [9.17, 15) is 0 Å². The fourth-order valence-corrected chi connectivity index (χ4v) is 3.01. The number of allylic oxidation sites excluding steroid dienone is 1. The minimum atomic E-state index is 0.697. The lowest BCUT2D eigenvalue weighted by molar-refractivity contribution is 0.862. The zero-order valence-corrected chi connectivity index (χ0v) is 9.34. The van der Waals surface area contributed by atoms with Crippen LogP contribution in [0.3, 0.4) is 0 Å². The molecule has 0 fully saturated rings. The average molecular weight is 216 g/mol. The smallest absolute Gasteiger partial charge is 0.0656 e. The lowest BCUT2D eigenvalue weighted by Gasteiger charge is -2.00. The van der Waals surface area contributed by atoms with Crippen LogP contribution in [0, 0.1) is 5.92 Å². The molecule has 76 valence electrons. The molecule has 0 radical (unpaired) electrons. The van der Waals surface area contributed by atoms with Gasteiger partial charge in [0.1, 0.15) is 0 Å². The number of nitrogens with zero attached hydrogens (tertiary/aromatic N) is 1. The molecule has 1 atom stereocenters. The third-order valence-corrected chi connectivity index (χ3v) is 4.04. The molecule has 15 heavy (non-hydrogen) atoms. The van der Waals surface area contributed by atoms with Crippen molar-refractivity contribution in [1.29, 1.82) is 0 Å². The van der Waals surface area contributed by atoms with Gasteiger partial charge in [-0.15, -0.1) is 11.8 Å². The van der Waals surface area contributed by atoms with Crippen molar-refractivity contribution >= 4 is 27.6 Å². The largest absolute Gasteiger partial charge is 0.278 e. The number of aromatic nitrogens is 2. The van der Waals surface area contributed by atoms with Crippen LogP contribution in [0.5, 0.6) is 0 Å². The molecule has 0 spiro atoms. The second kappa shape index (κ2) is 3.42. The fraction of sp³-hybridized carbons (Fsp3) is 0.250. The quantitative estimate of drug-likeness (QED) is 0.792. The first-order valence-electron chi connectivity index (χ1n) is 5.11. The number of benzene rings is 1. The van der Waals surface area contributed by atoms with Crippen LogP contribution in [-0.4, -0.2) is 16.0 Å². The zero-order chi connectivity index (χ0) is 10.3. The van der Waals surface area contributed by atoms with E-state index in [1.807, 2.05) is 18.0 Å². The molecule has 0 amide bonds. The zero-order valence-electron chi connectivity index (χ0n) is 8.53. The van der Waals surface area contributed by atoms with Gasteiger partial charge in [-0.25, -0.2) is 0 Å². The van der Waals surface area contributed by atoms with E-state index in [-0.39, 0.29) is 0 Å². The molecule has 2 nitrogen and oxygen atoms in total. The first-order chi connectivity index (χ1) is 7.33. The second-order valence-electron chi connectivity index (χ2n) is 3.99. The Hall–Kier alpha value is -1.22. The first kappa shape index (κ1) is 9.04. The van der Waals surface area contributed by atoms with Gasteiger partial charge in [0.15, 0.2) is 0 Å². The predicted molar refractivity (Wildman–Crippen MR) is 65.7 cm³/mol. The van der Waals surface area contributed by atoms with Gasteiger partial charge in [-0.05, 0) is 17.5 Å². The molecule has 2 heterocycles. The summed E-state index contributed by atoms with van der Waals surface area (Å²) >= 11 is 1.94. The number of H-pyrrole nitrogens is 1. The highest BCUT2D eigenvalue weighted by molar-refractivity contribution is 8.08. The normalized spacial score (nSPS) is 20.9. The number of nitrogens with one attached hydrogen (secondary N) is 1. The average Bonchev–Trinajstić information content (AvgIpc) is 2.84. The van der Waals surface area contributed by atoms with Crippen LogP contribution in [0.1, 0.15) is 12.5 Å². The Bertz CT molecular complexity index is 527. The van der Waals surface area contributed by atoms with Gasteiger partial charge >= 0.3 is 0 Å². The van der Waals surface area contributed by atoms with Crippen LogP contribution < -0.4 is 0 Å². The van der Waals surface area contributed by atoms with E-state index in [1.54, 1.807) is 0 Å². The summed E-state index contributed by atoms with van der Waals surface area (Å²) in [4.78, 5) is 1.40. The monoisotopic (exact) mass is 216 g/mol. The number of hydrogen-bond donors (Lipinski definition) is 1. The van der Waals surface area contributed by atoms with Crippen LogP contribution in [-0.2, 0) is 0 Å². The van der Waals surface area contributed by atoms with Gasteiger partial charge in [-0.1, -0.05) is 25.1 Å². The van der Waals surface area contributed by atoms with Crippen molar-refractivity contribution in [2.75, 3.05) is 5.75 Å². The molecule has 2 aromatic rings. The van der Waals surface area contributed by atoms with Gasteiger partial charge in [-0.2, -0.15) is 5.10 Å². The summed E-state index contributed by atoms with van der Waals surface area (Å²) in [5.41, 5.74) is 2.43. The predicted octanol–water partition coefficient (Wildman–Crippen LogP) is 3.29. The van der Waals surface area contributed by atoms with E-state index in [4.69, 9.17) is 0 Å². The maximum absolute atomic E-state index is 4.03. The Morgan fingerprint density at radius 3 is 3.20 bits per heavy atom. The molecule has 0 saturated heterocycles. The summed E-state index contributed by atoms with van der Waals surface area (Å²) in [6, 6.07) is 6.48. The third kappa shape index (κ3) is 1.57. The fourth-order valence-electron chi connectivity index (χ4n) is 1.85. The lowest BCUT2D eigenvalue weighted by atomic mass is 10.1. The van der Waals surface area contributed by atoms with Gasteiger partial charge in [0.2, 0.25) is 0 Å². The highest BCUT2D eigenvalue weighted by Crippen LogP contribution is 2.37. The molecule has 1 aliphatic heterocycles. The first-order valence-corrected chi connectivity index (χ1v) is 6.09. The van der Waals surface area contributed by atoms with Crippen molar-refractivity contribution in [2.24, 2.45) is 5.92 Å². The number of rotatable bonds is 1. The maximum atomic E-state index is 4.03. The molecule has 0 bridgehead atoms. The Kier molecular flexibility index (Phi) is 2.06. The van der Waals surface area contributed by atoms with E-state index in [1.165, 1.54) is 21.6 Å². The van der Waals surface area contributed by atoms with E-state index < -0.39 is 0 Å². The van der Waals surface area contributed by atoms with Crippen molar-refractivity contribution in [2.45, 2.75) is 6.92 Å². The number of aromatic amines is 1. The maximum Gasteiger partial charge on any atom is 0.0656 e. The summed E-state index contributed by atoms with van der Waals surface area (Å²) in [5.74, 6) is 1.90. The summed E-state index contributed by atoms with van der Waals surface area (Å²) in [7, 11) is 0. The highest BCUT2D eigenvalue weighted by atomic mass is 32.2. The third-order valence-electron chi connectivity index (χ3n) is 2.66. The van der Waals surface area contributed by atoms with Gasteiger partial charge in [0, 0.05) is 16.0 Å². The van der Waals surface area contributed by atoms with Crippen LogP contribution >= 0.6 is 11.8 Å². The van der Waals surface area contributed by atoms with E-state index >= 15 is 0 Å². The topological polar surface area (TPSA) is 28.7 Å². The van der Waals surface area contributed by atoms with E-state index in [2.05, 4.69) is 41.4 Å². The molecule has 1 aromatic heterocycles. The summed E-state index contributed by atoms with van der Waals surface area (Å²) in [5, 5.41) is 8.22. The molecule has 0 saturated carbocycles. The van der Waals surface area contributed by atoms with Crippen molar-refractivity contribution in [3.63, 3.8) is 0 Å². The molecule has 1 unspecified atom stereocenters.